The van der Waals surface area contributed by atoms with E-state index in [9.17, 15) is 46.3 Å². The molecule has 0 heterocycles. The van der Waals surface area contributed by atoms with E-state index in [0.717, 1.165) is 29.0 Å². The maximum absolute atomic E-state index is 14.5. The number of alkyl halides is 3. The number of hydrogen-bond donors (Lipinski definition) is 2. The van der Waals surface area contributed by atoms with Crippen LogP contribution in [0.2, 0.25) is 0 Å². The van der Waals surface area contributed by atoms with Crippen molar-refractivity contribution < 1.29 is 89.0 Å². The van der Waals surface area contributed by atoms with Gasteiger partial charge in [0.25, 0.3) is 12.9 Å². The van der Waals surface area contributed by atoms with E-state index in [0.29, 0.717) is 71.9 Å². The van der Waals surface area contributed by atoms with Gasteiger partial charge in [0.1, 0.15) is 73.2 Å². The molecule has 0 saturated carbocycles. The zero-order valence-electron chi connectivity index (χ0n) is 41.8. The molecule has 0 aliphatic heterocycles. The van der Waals surface area contributed by atoms with Crippen molar-refractivity contribution in [1.82, 2.24) is 10.6 Å². The number of methoxy groups -OCH3 is 2. The molecule has 4 unspecified atom stereocenters. The van der Waals surface area contributed by atoms with Gasteiger partial charge in [-0.3, -0.25) is 34.1 Å². The van der Waals surface area contributed by atoms with Gasteiger partial charge in [0, 0.05) is 19.0 Å². The molecule has 75 heavy (non-hydrogen) atoms. The molecule has 23 heteroatoms. The number of thioether (sulfide) groups is 2. The van der Waals surface area contributed by atoms with Gasteiger partial charge in [0.2, 0.25) is 18.2 Å². The number of halogens is 4. The smallest absolute Gasteiger partial charge is 0.495 e. The fourth-order valence-electron chi connectivity index (χ4n) is 6.65. The summed E-state index contributed by atoms with van der Waals surface area (Å²) < 4.78 is 101. The molecule has 4 rings (SSSR count). The lowest BCUT2D eigenvalue weighted by atomic mass is 10.1. The van der Waals surface area contributed by atoms with Crippen LogP contribution in [0.1, 0.15) is 54.7 Å². The summed E-state index contributed by atoms with van der Waals surface area (Å²) in [4.78, 5) is 66.7. The van der Waals surface area contributed by atoms with Gasteiger partial charge in [-0.2, -0.15) is 11.8 Å². The number of allylic oxidation sites excluding steroid dienone is 2. The van der Waals surface area contributed by atoms with Gasteiger partial charge in [-0.05, 0) is 85.2 Å². The molecule has 0 saturated heterocycles. The van der Waals surface area contributed by atoms with Crippen LogP contribution >= 0.6 is 23.5 Å². The molecule has 0 spiro atoms. The van der Waals surface area contributed by atoms with Gasteiger partial charge in [0.05, 0.1) is 24.7 Å². The first kappa shape index (κ1) is 62.2. The minimum atomic E-state index is -4.87. The Hall–Kier alpha value is -7.08. The molecule has 406 valence electrons. The fraction of sp³-hybridized carbons (Fsp3) is 0.346. The number of ether oxygens (including phenoxy) is 9. The Bertz CT molecular complexity index is 2500. The Labute approximate surface area is 439 Å². The van der Waals surface area contributed by atoms with Crippen LogP contribution in [-0.2, 0) is 70.0 Å². The molecule has 0 radical (unpaired) electrons. The van der Waals surface area contributed by atoms with Crippen LogP contribution in [0.15, 0.2) is 120 Å². The highest BCUT2D eigenvalue weighted by Crippen LogP contribution is 2.30. The van der Waals surface area contributed by atoms with E-state index >= 15 is 0 Å². The zero-order chi connectivity index (χ0) is 55.2. The standard InChI is InChI=1S/C26H28F3NO8S.C26H30FNO7S/c1-17(37-16-32)22(34-2)13-36-23(19-5-4-6-21(12-19)38-26(27,28)29)14-35-20-9-7-18(8-10-20)11-24(39-3)25(33)30-15-31;1-4-22(35-16-29)24(32-3)15-34-23(20-7-5-6-8-21(20)27)14-33-19-11-9-18(10-12-19)13-25(36-17-30)26(31)28-2/h4-10,12,15-16,23-24H,11,13-14H2,1-3H3,(H,30,31,33);5-12,16-17,23,25H,4,13-15H2,1-3H3,(H,28,31)/b22-17-;24-22-. The van der Waals surface area contributed by atoms with Gasteiger partial charge in [-0.1, -0.05) is 73.3 Å². The van der Waals surface area contributed by atoms with Crippen molar-refractivity contribution in [3.63, 3.8) is 0 Å². The van der Waals surface area contributed by atoms with Crippen molar-refractivity contribution in [2.75, 3.05) is 54.0 Å². The molecule has 4 atom stereocenters. The van der Waals surface area contributed by atoms with Gasteiger partial charge < -0.3 is 47.9 Å². The number of carbonyl (C=O) groups excluding carboxylic acids is 6. The summed E-state index contributed by atoms with van der Waals surface area (Å²) in [5.74, 6) is 0.441. The maximum Gasteiger partial charge on any atom is 0.573 e. The maximum atomic E-state index is 14.5. The summed E-state index contributed by atoms with van der Waals surface area (Å²) in [6, 6.07) is 25.4. The Kier molecular flexibility index (Phi) is 27.9. The number of benzene rings is 4. The van der Waals surface area contributed by atoms with Crippen LogP contribution in [0.25, 0.3) is 0 Å². The average Bonchev–Trinajstić information content (AvgIpc) is 3.40. The molecule has 0 aromatic heterocycles. The topological polar surface area (TPSA) is 210 Å². The molecule has 17 nitrogen and oxygen atoms in total. The largest absolute Gasteiger partial charge is 0.573 e. The zero-order valence-corrected chi connectivity index (χ0v) is 43.4. The van der Waals surface area contributed by atoms with Gasteiger partial charge in [0.15, 0.2) is 17.1 Å². The van der Waals surface area contributed by atoms with Crippen LogP contribution in [-0.4, -0.2) is 108 Å². The van der Waals surface area contributed by atoms with E-state index in [2.05, 4.69) is 15.4 Å². The first-order valence-corrected chi connectivity index (χ1v) is 24.8. The molecule has 0 aliphatic carbocycles. The van der Waals surface area contributed by atoms with Gasteiger partial charge >= 0.3 is 6.36 Å². The second-order valence-corrected chi connectivity index (χ2v) is 17.3. The predicted octanol–water partition coefficient (Wildman–Crippen LogP) is 8.30. The van der Waals surface area contributed by atoms with Crippen LogP contribution in [0.3, 0.4) is 0 Å². The Morgan fingerprint density at radius 1 is 0.693 bits per heavy atom. The third kappa shape index (κ3) is 22.1. The SMILES string of the molecule is CC/C(OC=O)=C(\COC(COc1ccc(CC(SC=O)C(=O)NC)cc1)c1ccccc1F)OC.CO/C(COC(COc1ccc(CC(SC)C(=O)NC=O)cc1)c1cccc(OC(F)(F)F)c1)=C(/C)OC=O. The van der Waals surface area contributed by atoms with E-state index in [4.69, 9.17) is 37.9 Å². The van der Waals surface area contributed by atoms with Crippen LogP contribution in [0.4, 0.5) is 17.6 Å². The fourth-order valence-corrected chi connectivity index (χ4v) is 7.95. The summed E-state index contributed by atoms with van der Waals surface area (Å²) in [5, 5.41) is 3.71. The monoisotopic (exact) mass is 1090 g/mol. The molecule has 0 bridgehead atoms. The minimum absolute atomic E-state index is 0.00483. The first-order valence-electron chi connectivity index (χ1n) is 22.6. The Morgan fingerprint density at radius 3 is 1.79 bits per heavy atom. The molecular weight excluding hydrogens is 1030 g/mol. The summed E-state index contributed by atoms with van der Waals surface area (Å²) in [7, 11) is 4.31. The first-order chi connectivity index (χ1) is 36.1. The number of hydrogen-bond acceptors (Lipinski definition) is 17. The summed E-state index contributed by atoms with van der Waals surface area (Å²) in [6.45, 7) is 3.49. The molecule has 3 amide bonds. The molecule has 2 N–H and O–H groups in total. The highest BCUT2D eigenvalue weighted by Gasteiger charge is 2.31. The minimum Gasteiger partial charge on any atom is -0.495 e. The lowest BCUT2D eigenvalue weighted by Gasteiger charge is -2.21. The van der Waals surface area contributed by atoms with Crippen molar-refractivity contribution in [2.24, 2.45) is 0 Å². The second kappa shape index (κ2) is 33.7. The van der Waals surface area contributed by atoms with Crippen LogP contribution in [0.5, 0.6) is 17.2 Å². The lowest BCUT2D eigenvalue weighted by Crippen LogP contribution is -2.32. The van der Waals surface area contributed by atoms with E-state index in [1.54, 1.807) is 86.0 Å². The molecule has 0 fully saturated rings. The number of amides is 3. The van der Waals surface area contributed by atoms with Gasteiger partial charge in [-0.15, -0.1) is 13.2 Å². The van der Waals surface area contributed by atoms with Crippen molar-refractivity contribution in [2.45, 2.75) is 62.2 Å². The van der Waals surface area contributed by atoms with Crippen LogP contribution in [0, 0.1) is 5.82 Å². The number of rotatable bonds is 32. The number of imide groups is 1. The number of nitrogens with one attached hydrogen (secondary N) is 2. The third-order valence-electron chi connectivity index (χ3n) is 10.5. The molecule has 0 aliphatic rings. The lowest BCUT2D eigenvalue weighted by molar-refractivity contribution is -0.274. The highest BCUT2D eigenvalue weighted by atomic mass is 32.2. The van der Waals surface area contributed by atoms with Crippen LogP contribution < -0.4 is 24.8 Å². The van der Waals surface area contributed by atoms with E-state index in [1.807, 2.05) is 0 Å². The number of carbonyl (C=O) groups is 6. The van der Waals surface area contributed by atoms with Crippen molar-refractivity contribution in [3.05, 3.63) is 148 Å². The Morgan fingerprint density at radius 2 is 1.27 bits per heavy atom. The second-order valence-electron chi connectivity index (χ2n) is 15.3. The summed E-state index contributed by atoms with van der Waals surface area (Å²) in [5.41, 5.74) is 2.97. The third-order valence-corrected chi connectivity index (χ3v) is 12.3. The van der Waals surface area contributed by atoms with Gasteiger partial charge in [-0.25, -0.2) is 4.39 Å². The molecule has 4 aromatic rings. The van der Waals surface area contributed by atoms with Crippen molar-refractivity contribution >= 4 is 60.3 Å². The normalized spacial score (nSPS) is 13.3. The molecule has 4 aromatic carbocycles. The van der Waals surface area contributed by atoms with E-state index in [1.165, 1.54) is 58.2 Å². The summed E-state index contributed by atoms with van der Waals surface area (Å²) in [6.07, 6.45) is -3.26. The highest BCUT2D eigenvalue weighted by molar-refractivity contribution is 8.13. The Balaban J connectivity index is 0.000000397. The predicted molar refractivity (Wildman–Crippen MR) is 270 cm³/mol. The van der Waals surface area contributed by atoms with E-state index < -0.39 is 46.5 Å². The summed E-state index contributed by atoms with van der Waals surface area (Å²) >= 11 is 2.23. The van der Waals surface area contributed by atoms with Crippen molar-refractivity contribution in [3.8, 4) is 17.2 Å². The quantitative estimate of drug-likeness (QED) is 0.0268. The van der Waals surface area contributed by atoms with Crippen molar-refractivity contribution in [1.29, 1.82) is 0 Å². The molecular formula is C52H58F4N2O15S2. The average molecular weight is 1090 g/mol. The van der Waals surface area contributed by atoms with E-state index in [-0.39, 0.29) is 50.3 Å².